The van der Waals surface area contributed by atoms with Crippen molar-refractivity contribution in [1.29, 1.82) is 5.26 Å². The zero-order valence-electron chi connectivity index (χ0n) is 22.6. The minimum absolute atomic E-state index is 0.0925. The van der Waals surface area contributed by atoms with E-state index in [2.05, 4.69) is 51.1 Å². The van der Waals surface area contributed by atoms with Gasteiger partial charge in [-0.3, -0.25) is 4.98 Å². The lowest BCUT2D eigenvalue weighted by molar-refractivity contribution is 0.610. The van der Waals surface area contributed by atoms with Crippen LogP contribution in [-0.2, 0) is 6.42 Å². The Kier molecular flexibility index (Phi) is 7.53. The van der Waals surface area contributed by atoms with Gasteiger partial charge in [0.1, 0.15) is 17.6 Å². The van der Waals surface area contributed by atoms with E-state index in [4.69, 9.17) is 11.6 Å². The second-order valence-corrected chi connectivity index (χ2v) is 10.8. The first kappa shape index (κ1) is 26.7. The second-order valence-electron chi connectivity index (χ2n) is 10.4. The van der Waals surface area contributed by atoms with Gasteiger partial charge in [-0.25, -0.2) is 9.07 Å². The fraction of sp³-hybridized carbons (Fsp3) is 0.250. The lowest BCUT2D eigenvalue weighted by Crippen LogP contribution is -2.22. The van der Waals surface area contributed by atoms with E-state index in [0.29, 0.717) is 33.5 Å². The van der Waals surface area contributed by atoms with Gasteiger partial charge in [-0.2, -0.15) is 5.26 Å². The molecule has 206 valence electrons. The van der Waals surface area contributed by atoms with E-state index >= 15 is 0 Å². The molecule has 1 fully saturated rings. The SMILES string of the molecule is CCC(Cc1ccccc1)Nc1c(C#N)cnc2c(Cl)cc(NC(c3ccc(F)cc3)c3cn(C4CC4)nn3)cc12. The molecule has 2 atom stereocenters. The van der Waals surface area contributed by atoms with E-state index in [9.17, 15) is 9.65 Å². The monoisotopic (exact) mass is 565 g/mol. The van der Waals surface area contributed by atoms with Gasteiger partial charge < -0.3 is 10.6 Å². The average molecular weight is 566 g/mol. The van der Waals surface area contributed by atoms with Gasteiger partial charge in [0.25, 0.3) is 0 Å². The van der Waals surface area contributed by atoms with Crippen LogP contribution in [-0.4, -0.2) is 26.0 Å². The van der Waals surface area contributed by atoms with Crippen molar-refractivity contribution >= 4 is 33.9 Å². The van der Waals surface area contributed by atoms with Crippen molar-refractivity contribution in [2.45, 2.75) is 50.7 Å². The van der Waals surface area contributed by atoms with Crippen molar-refractivity contribution in [2.24, 2.45) is 0 Å². The maximum absolute atomic E-state index is 13.8. The number of anilines is 2. The lowest BCUT2D eigenvalue weighted by Gasteiger charge is -2.22. The minimum atomic E-state index is -0.401. The number of aromatic nitrogens is 4. The molecule has 0 spiro atoms. The molecule has 0 saturated heterocycles. The van der Waals surface area contributed by atoms with E-state index in [0.717, 1.165) is 42.3 Å². The van der Waals surface area contributed by atoms with Gasteiger partial charge in [-0.1, -0.05) is 66.2 Å². The molecular formula is C32H29ClFN7. The third kappa shape index (κ3) is 5.86. The second kappa shape index (κ2) is 11.6. The number of hydrogen-bond donors (Lipinski definition) is 2. The van der Waals surface area contributed by atoms with Crippen molar-refractivity contribution in [3.8, 4) is 6.07 Å². The van der Waals surface area contributed by atoms with Crippen LogP contribution in [0.15, 0.2) is 79.1 Å². The minimum Gasteiger partial charge on any atom is -0.380 e. The number of nitriles is 1. The molecule has 0 bridgehead atoms. The summed E-state index contributed by atoms with van der Waals surface area (Å²) in [6.07, 6.45) is 7.35. The van der Waals surface area contributed by atoms with Gasteiger partial charge >= 0.3 is 0 Å². The summed E-state index contributed by atoms with van der Waals surface area (Å²) in [6, 6.07) is 22.8. The average Bonchev–Trinajstić information content (AvgIpc) is 3.73. The van der Waals surface area contributed by atoms with Crippen LogP contribution in [0, 0.1) is 17.1 Å². The van der Waals surface area contributed by atoms with Crippen molar-refractivity contribution < 1.29 is 4.39 Å². The Morgan fingerprint density at radius 2 is 1.88 bits per heavy atom. The van der Waals surface area contributed by atoms with Crippen LogP contribution < -0.4 is 10.6 Å². The first-order valence-electron chi connectivity index (χ1n) is 13.8. The normalized spacial score (nSPS) is 14.4. The number of pyridine rings is 1. The van der Waals surface area contributed by atoms with Gasteiger partial charge in [-0.15, -0.1) is 5.10 Å². The third-order valence-corrected chi connectivity index (χ3v) is 7.76. The first-order valence-corrected chi connectivity index (χ1v) is 14.2. The molecule has 3 aromatic carbocycles. The molecular weight excluding hydrogens is 537 g/mol. The number of hydrogen-bond acceptors (Lipinski definition) is 6. The Morgan fingerprint density at radius 3 is 2.59 bits per heavy atom. The van der Waals surface area contributed by atoms with Gasteiger partial charge in [0.15, 0.2) is 0 Å². The van der Waals surface area contributed by atoms with Crippen LogP contribution in [0.3, 0.4) is 0 Å². The summed E-state index contributed by atoms with van der Waals surface area (Å²) in [5.41, 5.74) is 5.23. The summed E-state index contributed by atoms with van der Waals surface area (Å²) >= 11 is 6.79. The lowest BCUT2D eigenvalue weighted by atomic mass is 10.0. The standard InChI is InChI=1S/C32H29ClFN7/c1-2-24(14-20-6-4-3-5-7-20)37-30-22(17-35)18-36-32-27(30)15-25(16-28(32)33)38-31(21-8-10-23(34)11-9-21)29-19-41(40-39-29)26-12-13-26/h3-11,15-16,18-19,24,26,31,38H,2,12-14H2,1H3,(H,36,37). The first-order chi connectivity index (χ1) is 20.0. The molecule has 1 aliphatic carbocycles. The Hall–Kier alpha value is -4.48. The molecule has 2 aromatic heterocycles. The molecule has 0 amide bonds. The Labute approximate surface area is 243 Å². The van der Waals surface area contributed by atoms with Crippen LogP contribution in [0.25, 0.3) is 10.9 Å². The third-order valence-electron chi connectivity index (χ3n) is 7.47. The van der Waals surface area contributed by atoms with Crippen LogP contribution in [0.2, 0.25) is 5.02 Å². The molecule has 41 heavy (non-hydrogen) atoms. The van der Waals surface area contributed by atoms with E-state index < -0.39 is 6.04 Å². The maximum Gasteiger partial charge on any atom is 0.123 e. The molecule has 7 nitrogen and oxygen atoms in total. The van der Waals surface area contributed by atoms with Crippen LogP contribution in [0.5, 0.6) is 0 Å². The molecule has 9 heteroatoms. The number of benzene rings is 3. The van der Waals surface area contributed by atoms with Crippen LogP contribution in [0.4, 0.5) is 15.8 Å². The van der Waals surface area contributed by atoms with Crippen molar-refractivity contribution in [3.63, 3.8) is 0 Å². The number of nitrogens with zero attached hydrogens (tertiary/aromatic N) is 5. The summed E-state index contributed by atoms with van der Waals surface area (Å²) in [6.45, 7) is 2.12. The topological polar surface area (TPSA) is 91.5 Å². The fourth-order valence-electron chi connectivity index (χ4n) is 5.07. The highest BCUT2D eigenvalue weighted by Gasteiger charge is 2.27. The van der Waals surface area contributed by atoms with Gasteiger partial charge in [-0.05, 0) is 61.1 Å². The molecule has 2 heterocycles. The number of fused-ring (bicyclic) bond motifs is 1. The van der Waals surface area contributed by atoms with Crippen molar-refractivity contribution in [3.05, 3.63) is 112 Å². The molecule has 0 aliphatic heterocycles. The summed E-state index contributed by atoms with van der Waals surface area (Å²) in [5.74, 6) is -0.310. The molecule has 0 radical (unpaired) electrons. The van der Waals surface area contributed by atoms with Gasteiger partial charge in [0, 0.05) is 23.3 Å². The number of rotatable bonds is 10. The van der Waals surface area contributed by atoms with E-state index in [-0.39, 0.29) is 11.9 Å². The quantitative estimate of drug-likeness (QED) is 0.183. The summed E-state index contributed by atoms with van der Waals surface area (Å²) in [4.78, 5) is 4.52. The summed E-state index contributed by atoms with van der Waals surface area (Å²) in [7, 11) is 0. The molecule has 6 rings (SSSR count). The molecule has 1 saturated carbocycles. The van der Waals surface area contributed by atoms with Gasteiger partial charge in [0.05, 0.1) is 40.1 Å². The predicted molar refractivity (Wildman–Crippen MR) is 159 cm³/mol. The summed E-state index contributed by atoms with van der Waals surface area (Å²) in [5, 5.41) is 27.1. The zero-order chi connectivity index (χ0) is 28.3. The predicted octanol–water partition coefficient (Wildman–Crippen LogP) is 7.46. The molecule has 1 aliphatic rings. The number of nitrogens with one attached hydrogen (secondary N) is 2. The van der Waals surface area contributed by atoms with Crippen molar-refractivity contribution in [1.82, 2.24) is 20.0 Å². The van der Waals surface area contributed by atoms with Crippen LogP contribution >= 0.6 is 11.6 Å². The molecule has 2 unspecified atom stereocenters. The molecule has 2 N–H and O–H groups in total. The van der Waals surface area contributed by atoms with Crippen molar-refractivity contribution in [2.75, 3.05) is 10.6 Å². The Bertz CT molecular complexity index is 1710. The molecule has 5 aromatic rings. The van der Waals surface area contributed by atoms with E-state index in [1.807, 2.05) is 41.2 Å². The van der Waals surface area contributed by atoms with E-state index in [1.54, 1.807) is 18.3 Å². The Morgan fingerprint density at radius 1 is 1.10 bits per heavy atom. The number of halogens is 2. The van der Waals surface area contributed by atoms with Gasteiger partial charge in [0.2, 0.25) is 0 Å². The summed E-state index contributed by atoms with van der Waals surface area (Å²) < 4.78 is 15.7. The highest BCUT2D eigenvalue weighted by molar-refractivity contribution is 6.35. The smallest absolute Gasteiger partial charge is 0.123 e. The Balaban J connectivity index is 1.39. The highest BCUT2D eigenvalue weighted by Crippen LogP contribution is 2.37. The van der Waals surface area contributed by atoms with E-state index in [1.165, 1.54) is 17.7 Å². The highest BCUT2D eigenvalue weighted by atomic mass is 35.5. The maximum atomic E-state index is 13.8. The fourth-order valence-corrected chi connectivity index (χ4v) is 5.34. The van der Waals surface area contributed by atoms with Crippen LogP contribution in [0.1, 0.15) is 60.7 Å². The largest absolute Gasteiger partial charge is 0.380 e. The zero-order valence-corrected chi connectivity index (χ0v) is 23.3.